The van der Waals surface area contributed by atoms with E-state index >= 15 is 0 Å². The third-order valence-corrected chi connectivity index (χ3v) is 2.79. The smallest absolute Gasteiger partial charge is 0.103 e. The molecule has 0 aromatic rings. The summed E-state index contributed by atoms with van der Waals surface area (Å²) in [4.78, 5) is 0. The second-order valence-electron chi connectivity index (χ2n) is 2.05. The highest BCUT2D eigenvalue weighted by atomic mass is 31.1. The van der Waals surface area contributed by atoms with Crippen LogP contribution < -0.4 is 0 Å². The Morgan fingerprint density at radius 1 is 1.62 bits per heavy atom. The Labute approximate surface area is 51.0 Å². The molecule has 1 unspecified atom stereocenters. The highest BCUT2D eigenvalue weighted by Crippen LogP contribution is 2.26. The van der Waals surface area contributed by atoms with Crippen molar-refractivity contribution in [3.8, 4) is 0 Å². The standard InChI is InChI=1S/C5H13O2P/c1-5(2)8(6)4-7-3/h5,8H,4H2,1-3H3. The van der Waals surface area contributed by atoms with E-state index in [4.69, 9.17) is 4.74 Å². The van der Waals surface area contributed by atoms with Gasteiger partial charge in [0.15, 0.2) is 0 Å². The highest BCUT2D eigenvalue weighted by molar-refractivity contribution is 7.45. The molecule has 0 aliphatic heterocycles. The van der Waals surface area contributed by atoms with Crippen molar-refractivity contribution in [2.45, 2.75) is 19.5 Å². The Kier molecular flexibility index (Phi) is 4.20. The maximum atomic E-state index is 10.8. The van der Waals surface area contributed by atoms with E-state index in [1.165, 1.54) is 0 Å². The van der Waals surface area contributed by atoms with Gasteiger partial charge >= 0.3 is 0 Å². The predicted octanol–water partition coefficient (Wildman–Crippen LogP) is 1.56. The fourth-order valence-corrected chi connectivity index (χ4v) is 0.927. The van der Waals surface area contributed by atoms with Gasteiger partial charge in [-0.15, -0.1) is 0 Å². The van der Waals surface area contributed by atoms with Crippen LogP contribution in [0.3, 0.4) is 0 Å². The highest BCUT2D eigenvalue weighted by Gasteiger charge is 2.01. The van der Waals surface area contributed by atoms with Gasteiger partial charge < -0.3 is 9.30 Å². The fourth-order valence-electron chi connectivity index (χ4n) is 0.309. The summed E-state index contributed by atoms with van der Waals surface area (Å²) in [5.74, 6) is 0. The van der Waals surface area contributed by atoms with Crippen molar-refractivity contribution < 1.29 is 9.30 Å². The summed E-state index contributed by atoms with van der Waals surface area (Å²) in [6, 6.07) is 0. The maximum Gasteiger partial charge on any atom is 0.103 e. The Bertz CT molecular complexity index is 80.5. The summed E-state index contributed by atoms with van der Waals surface area (Å²) in [7, 11) is 0.145. The summed E-state index contributed by atoms with van der Waals surface area (Å²) >= 11 is 0. The zero-order valence-electron chi connectivity index (χ0n) is 5.60. The molecule has 0 heterocycles. The number of ether oxygens (including phenoxy) is 1. The van der Waals surface area contributed by atoms with Gasteiger partial charge in [-0.3, -0.25) is 0 Å². The second-order valence-corrected chi connectivity index (χ2v) is 4.43. The molecule has 0 fully saturated rings. The first-order valence-corrected chi connectivity index (χ1v) is 4.39. The van der Waals surface area contributed by atoms with E-state index in [0.717, 1.165) is 0 Å². The minimum atomic E-state index is -1.43. The van der Waals surface area contributed by atoms with Gasteiger partial charge in [-0.2, -0.15) is 0 Å². The Balaban J connectivity index is 3.33. The Hall–Kier alpha value is 0.190. The molecule has 3 heteroatoms. The summed E-state index contributed by atoms with van der Waals surface area (Å²) in [5.41, 5.74) is 0.292. The molecule has 0 aromatic heterocycles. The van der Waals surface area contributed by atoms with Crippen molar-refractivity contribution >= 4 is 7.80 Å². The van der Waals surface area contributed by atoms with Crippen molar-refractivity contribution in [2.24, 2.45) is 0 Å². The van der Waals surface area contributed by atoms with Crippen LogP contribution in [-0.2, 0) is 9.30 Å². The molecule has 0 saturated heterocycles. The molecule has 0 amide bonds. The van der Waals surface area contributed by atoms with Gasteiger partial charge in [0, 0.05) is 12.8 Å². The van der Waals surface area contributed by atoms with E-state index in [1.54, 1.807) is 7.11 Å². The van der Waals surface area contributed by atoms with Crippen LogP contribution in [0.5, 0.6) is 0 Å². The van der Waals surface area contributed by atoms with Crippen LogP contribution in [0.1, 0.15) is 13.8 Å². The van der Waals surface area contributed by atoms with Crippen molar-refractivity contribution in [3.05, 3.63) is 0 Å². The molecule has 0 bridgehead atoms. The second kappa shape index (κ2) is 4.11. The maximum absolute atomic E-state index is 10.8. The molecule has 0 spiro atoms. The number of rotatable bonds is 3. The van der Waals surface area contributed by atoms with E-state index in [2.05, 4.69) is 0 Å². The zero-order valence-corrected chi connectivity index (χ0v) is 6.60. The van der Waals surface area contributed by atoms with Crippen LogP contribution in [0, 0.1) is 0 Å². The van der Waals surface area contributed by atoms with Gasteiger partial charge in [-0.1, -0.05) is 13.8 Å². The number of hydrogen-bond donors (Lipinski definition) is 0. The minimum Gasteiger partial charge on any atom is -0.377 e. The average Bonchev–Trinajstić information content (AvgIpc) is 1.67. The first-order chi connectivity index (χ1) is 3.68. The molecule has 8 heavy (non-hydrogen) atoms. The molecule has 0 aliphatic rings. The van der Waals surface area contributed by atoms with E-state index in [0.29, 0.717) is 12.0 Å². The van der Waals surface area contributed by atoms with Crippen LogP contribution in [-0.4, -0.2) is 19.1 Å². The van der Waals surface area contributed by atoms with Crippen molar-refractivity contribution in [1.29, 1.82) is 0 Å². The van der Waals surface area contributed by atoms with Crippen LogP contribution in [0.2, 0.25) is 0 Å². The topological polar surface area (TPSA) is 26.3 Å². The minimum absolute atomic E-state index is 0.292. The Morgan fingerprint density at radius 3 is 2.25 bits per heavy atom. The first-order valence-electron chi connectivity index (χ1n) is 2.70. The van der Waals surface area contributed by atoms with Gasteiger partial charge in [0.25, 0.3) is 0 Å². The summed E-state index contributed by atoms with van der Waals surface area (Å²) in [6.07, 6.45) is 0.433. The van der Waals surface area contributed by atoms with Crippen LogP contribution in [0.15, 0.2) is 0 Å². The molecule has 0 radical (unpaired) electrons. The largest absolute Gasteiger partial charge is 0.377 e. The number of methoxy groups -OCH3 is 1. The lowest BCUT2D eigenvalue weighted by atomic mass is 10.6. The lowest BCUT2D eigenvalue weighted by Gasteiger charge is -2.01. The van der Waals surface area contributed by atoms with E-state index in [-0.39, 0.29) is 0 Å². The van der Waals surface area contributed by atoms with Gasteiger partial charge in [0.05, 0.1) is 6.35 Å². The summed E-state index contributed by atoms with van der Waals surface area (Å²) in [6.45, 7) is 3.89. The van der Waals surface area contributed by atoms with Gasteiger partial charge in [0.2, 0.25) is 0 Å². The zero-order chi connectivity index (χ0) is 6.57. The summed E-state index contributed by atoms with van der Waals surface area (Å²) < 4.78 is 15.5. The Morgan fingerprint density at radius 2 is 2.12 bits per heavy atom. The molecule has 0 aromatic carbocycles. The molecule has 0 aliphatic carbocycles. The molecule has 0 rings (SSSR count). The summed E-state index contributed by atoms with van der Waals surface area (Å²) in [5, 5.41) is 0. The van der Waals surface area contributed by atoms with Gasteiger partial charge in [0.1, 0.15) is 7.80 Å². The lowest BCUT2D eigenvalue weighted by molar-refractivity contribution is 0.251. The molecule has 1 atom stereocenters. The lowest BCUT2D eigenvalue weighted by Crippen LogP contribution is -1.90. The van der Waals surface area contributed by atoms with E-state index < -0.39 is 7.80 Å². The average molecular weight is 136 g/mol. The number of hydrogen-bond acceptors (Lipinski definition) is 2. The van der Waals surface area contributed by atoms with Crippen LogP contribution >= 0.6 is 7.80 Å². The van der Waals surface area contributed by atoms with Gasteiger partial charge in [-0.05, 0) is 0 Å². The predicted molar refractivity (Wildman–Crippen MR) is 36.0 cm³/mol. The van der Waals surface area contributed by atoms with E-state index in [1.807, 2.05) is 13.8 Å². The first kappa shape index (κ1) is 8.19. The molecular weight excluding hydrogens is 123 g/mol. The normalized spacial score (nSPS) is 14.5. The molecule has 2 nitrogen and oxygen atoms in total. The third kappa shape index (κ3) is 3.23. The molecule has 0 N–H and O–H groups in total. The van der Waals surface area contributed by atoms with Crippen molar-refractivity contribution in [1.82, 2.24) is 0 Å². The SMILES string of the molecule is COC[PH](=O)C(C)C. The van der Waals surface area contributed by atoms with E-state index in [9.17, 15) is 4.57 Å². The van der Waals surface area contributed by atoms with Crippen LogP contribution in [0.4, 0.5) is 0 Å². The monoisotopic (exact) mass is 136 g/mol. The van der Waals surface area contributed by atoms with Crippen LogP contribution in [0.25, 0.3) is 0 Å². The van der Waals surface area contributed by atoms with Crippen molar-refractivity contribution in [3.63, 3.8) is 0 Å². The van der Waals surface area contributed by atoms with Gasteiger partial charge in [-0.25, -0.2) is 0 Å². The fraction of sp³-hybridized carbons (Fsp3) is 1.00. The quantitative estimate of drug-likeness (QED) is 0.550. The molecular formula is C5H13O2P. The molecule has 0 saturated carbocycles. The van der Waals surface area contributed by atoms with Crippen molar-refractivity contribution in [2.75, 3.05) is 13.5 Å². The third-order valence-electron chi connectivity index (χ3n) is 0.931. The molecule has 50 valence electrons.